The summed E-state index contributed by atoms with van der Waals surface area (Å²) in [6.07, 6.45) is 4.25. The second-order valence-electron chi connectivity index (χ2n) is 13.3. The molecular weight excluding hydrogens is 506 g/mol. The lowest BCUT2D eigenvalue weighted by Crippen LogP contribution is -2.62. The summed E-state index contributed by atoms with van der Waals surface area (Å²) in [7, 11) is -4.48. The second kappa shape index (κ2) is 8.15. The molecule has 3 aromatic rings. The SMILES string of the molecule is CC(C)(C)[Si](C)(C)O[C@H]1C[C@H](n2cnc3c(=O)[nH]cnc32)O[C@@H]1C1(O[Si](C)(C)C(C)(C)C)c2cn1nn2. The summed E-state index contributed by atoms with van der Waals surface area (Å²) in [4.78, 5) is 23.6. The Hall–Kier alpha value is -2.20. The second-order valence-corrected chi connectivity index (χ2v) is 22.8. The number of H-pyrrole nitrogens is 1. The predicted molar refractivity (Wildman–Crippen MR) is 144 cm³/mol. The molecule has 11 nitrogen and oxygen atoms in total. The van der Waals surface area contributed by atoms with Crippen molar-refractivity contribution in [2.75, 3.05) is 0 Å². The molecule has 1 N–H and O–H groups in total. The van der Waals surface area contributed by atoms with Crippen LogP contribution in [0, 0.1) is 0 Å². The molecule has 2 bridgehead atoms. The van der Waals surface area contributed by atoms with Crippen LogP contribution in [0.25, 0.3) is 11.2 Å². The van der Waals surface area contributed by atoms with E-state index in [0.717, 1.165) is 5.69 Å². The summed E-state index contributed by atoms with van der Waals surface area (Å²) in [6.45, 7) is 22.3. The number of rotatable bonds is 6. The third kappa shape index (κ3) is 3.97. The molecule has 0 amide bonds. The van der Waals surface area contributed by atoms with Crippen LogP contribution in [0.3, 0.4) is 0 Å². The first-order valence-corrected chi connectivity index (χ1v) is 18.7. The molecule has 0 aromatic carbocycles. The quantitative estimate of drug-likeness (QED) is 0.459. The normalized spacial score (nSPS) is 26.6. The highest BCUT2D eigenvalue weighted by atomic mass is 28.4. The summed E-state index contributed by atoms with van der Waals surface area (Å²) in [5.41, 5.74) is 0.286. The maximum atomic E-state index is 12.3. The molecule has 0 aliphatic carbocycles. The molecule has 37 heavy (non-hydrogen) atoms. The van der Waals surface area contributed by atoms with Crippen molar-refractivity contribution in [2.24, 2.45) is 0 Å². The molecule has 3 aliphatic rings. The molecule has 0 saturated carbocycles. The van der Waals surface area contributed by atoms with Crippen LogP contribution in [0.1, 0.15) is 59.9 Å². The van der Waals surface area contributed by atoms with Gasteiger partial charge >= 0.3 is 0 Å². The number of hydrogen-bond acceptors (Lipinski definition) is 8. The van der Waals surface area contributed by atoms with E-state index in [1.54, 1.807) is 11.0 Å². The molecule has 0 radical (unpaired) electrons. The lowest BCUT2D eigenvalue weighted by atomic mass is 9.95. The average Bonchev–Trinajstić information content (AvgIpc) is 3.53. The first-order chi connectivity index (χ1) is 17.0. The van der Waals surface area contributed by atoms with Crippen LogP contribution in [0.4, 0.5) is 0 Å². The predicted octanol–water partition coefficient (Wildman–Crippen LogP) is 4.13. The Kier molecular flexibility index (Phi) is 5.82. The number of hydrogen-bond donors (Lipinski definition) is 1. The summed E-state index contributed by atoms with van der Waals surface area (Å²) in [5.74, 6) is 0. The fraction of sp³-hybridized carbons (Fsp3) is 0.708. The Morgan fingerprint density at radius 3 is 2.32 bits per heavy atom. The molecule has 1 fully saturated rings. The van der Waals surface area contributed by atoms with Crippen molar-refractivity contribution in [3.05, 3.63) is 34.9 Å². The van der Waals surface area contributed by atoms with Crippen molar-refractivity contribution in [1.82, 2.24) is 34.5 Å². The largest absolute Gasteiger partial charge is 0.411 e. The number of aromatic amines is 1. The topological polar surface area (TPSA) is 122 Å². The number of fused-ring (bicyclic) bond motifs is 2. The van der Waals surface area contributed by atoms with Gasteiger partial charge in [0.05, 0.1) is 25.0 Å². The highest BCUT2D eigenvalue weighted by molar-refractivity contribution is 6.74. The Morgan fingerprint density at radius 1 is 1.08 bits per heavy atom. The first-order valence-electron chi connectivity index (χ1n) is 12.8. The van der Waals surface area contributed by atoms with Crippen LogP contribution in [0.5, 0.6) is 0 Å². The number of imidazole rings is 1. The number of ether oxygens (including phenoxy) is 1. The van der Waals surface area contributed by atoms with Gasteiger partial charge in [-0.1, -0.05) is 46.8 Å². The van der Waals surface area contributed by atoms with E-state index in [2.05, 4.69) is 93.0 Å². The lowest BCUT2D eigenvalue weighted by molar-refractivity contribution is -0.162. The Bertz CT molecular complexity index is 1360. The van der Waals surface area contributed by atoms with E-state index in [0.29, 0.717) is 12.1 Å². The van der Waals surface area contributed by atoms with Crippen molar-refractivity contribution < 1.29 is 13.6 Å². The van der Waals surface area contributed by atoms with E-state index >= 15 is 0 Å². The minimum absolute atomic E-state index is 0.00649. The molecule has 0 spiro atoms. The first kappa shape index (κ1) is 26.4. The molecule has 1 saturated heterocycles. The van der Waals surface area contributed by atoms with Gasteiger partial charge in [0.1, 0.15) is 18.0 Å². The van der Waals surface area contributed by atoms with Crippen LogP contribution < -0.4 is 5.56 Å². The summed E-state index contributed by atoms with van der Waals surface area (Å²) in [6, 6.07) is 0. The van der Waals surface area contributed by atoms with Crippen molar-refractivity contribution in [1.29, 1.82) is 0 Å². The zero-order chi connectivity index (χ0) is 27.2. The van der Waals surface area contributed by atoms with Gasteiger partial charge in [-0.25, -0.2) is 14.6 Å². The highest BCUT2D eigenvalue weighted by Gasteiger charge is 2.64. The number of nitrogens with one attached hydrogen (secondary N) is 1. The minimum atomic E-state index is -2.29. The molecule has 6 rings (SSSR count). The zero-order valence-electron chi connectivity index (χ0n) is 23.5. The zero-order valence-corrected chi connectivity index (χ0v) is 25.5. The van der Waals surface area contributed by atoms with E-state index in [1.807, 2.05) is 10.8 Å². The lowest BCUT2D eigenvalue weighted by Gasteiger charge is -2.50. The molecule has 13 heteroatoms. The average molecular weight is 546 g/mol. The Morgan fingerprint density at radius 2 is 1.76 bits per heavy atom. The van der Waals surface area contributed by atoms with Crippen LogP contribution in [-0.2, 0) is 19.3 Å². The maximum Gasteiger partial charge on any atom is 0.278 e. The Labute approximate surface area is 219 Å². The van der Waals surface area contributed by atoms with Crippen LogP contribution >= 0.6 is 0 Å². The fourth-order valence-electron chi connectivity index (χ4n) is 4.51. The van der Waals surface area contributed by atoms with E-state index in [1.165, 1.54) is 6.33 Å². The summed E-state index contributed by atoms with van der Waals surface area (Å²) >= 11 is 0. The van der Waals surface area contributed by atoms with E-state index in [9.17, 15) is 4.79 Å². The fourth-order valence-corrected chi connectivity index (χ4v) is 7.24. The van der Waals surface area contributed by atoms with Crippen molar-refractivity contribution in [2.45, 2.75) is 108 Å². The third-order valence-electron chi connectivity index (χ3n) is 8.81. The van der Waals surface area contributed by atoms with Gasteiger partial charge in [0.2, 0.25) is 5.72 Å². The molecule has 3 aliphatic heterocycles. The van der Waals surface area contributed by atoms with Gasteiger partial charge in [-0.05, 0) is 36.3 Å². The van der Waals surface area contributed by atoms with Crippen LogP contribution in [0.2, 0.25) is 36.3 Å². The van der Waals surface area contributed by atoms with E-state index in [-0.39, 0.29) is 27.3 Å². The van der Waals surface area contributed by atoms with Crippen molar-refractivity contribution in [3.8, 4) is 0 Å². The monoisotopic (exact) mass is 545 g/mol. The van der Waals surface area contributed by atoms with E-state index in [4.69, 9.17) is 13.6 Å². The number of nitrogens with zero attached hydrogens (tertiary/aromatic N) is 6. The summed E-state index contributed by atoms with van der Waals surface area (Å²) in [5, 5.41) is 8.75. The van der Waals surface area contributed by atoms with Gasteiger partial charge in [0.25, 0.3) is 5.56 Å². The van der Waals surface area contributed by atoms with Crippen molar-refractivity contribution >= 4 is 27.8 Å². The molecular formula is C24H39N7O4Si2. The van der Waals surface area contributed by atoms with Crippen LogP contribution in [0.15, 0.2) is 23.6 Å². The molecule has 4 atom stereocenters. The molecule has 202 valence electrons. The van der Waals surface area contributed by atoms with Gasteiger partial charge in [-0.15, -0.1) is 5.10 Å². The van der Waals surface area contributed by atoms with Gasteiger partial charge < -0.3 is 18.6 Å². The molecule has 6 heterocycles. The van der Waals surface area contributed by atoms with Gasteiger partial charge in [0.15, 0.2) is 27.8 Å². The van der Waals surface area contributed by atoms with Crippen LogP contribution in [-0.4, -0.2) is 63.4 Å². The molecule has 3 aromatic heterocycles. The smallest absolute Gasteiger partial charge is 0.278 e. The minimum Gasteiger partial charge on any atom is -0.411 e. The number of aromatic nitrogens is 7. The Balaban J connectivity index is 1.58. The van der Waals surface area contributed by atoms with Crippen molar-refractivity contribution in [3.63, 3.8) is 0 Å². The van der Waals surface area contributed by atoms with E-state index < -0.39 is 34.7 Å². The van der Waals surface area contributed by atoms with Gasteiger partial charge in [0, 0.05) is 6.42 Å². The standard InChI is InChI=1S/C24H39N7O4Si2/c1-22(2,3)36(7,8)34-15-11-17(30-14-27-18-20(30)25-13-26-21(18)32)33-19(15)24(16-12-31(24)29-28-16)35-37(9,10)23(4,5)6/h12-15,17,19H,11H2,1-10H3,(H,25,26,32)/t15-,17+,19-,24?/m0/s1. The highest BCUT2D eigenvalue weighted by Crippen LogP contribution is 2.52. The maximum absolute atomic E-state index is 12.3. The van der Waals surface area contributed by atoms with Gasteiger partial charge in [-0.3, -0.25) is 9.36 Å². The van der Waals surface area contributed by atoms with Gasteiger partial charge in [-0.2, -0.15) is 0 Å². The molecule has 1 unspecified atom stereocenters. The third-order valence-corrected chi connectivity index (χ3v) is 17.7. The summed E-state index contributed by atoms with van der Waals surface area (Å²) < 4.78 is 24.6.